The summed E-state index contributed by atoms with van der Waals surface area (Å²) >= 11 is 0. The molecule has 0 atom stereocenters. The number of phenols is 1. The smallest absolute Gasteiger partial charge is 0.416 e. The summed E-state index contributed by atoms with van der Waals surface area (Å²) < 4.78 is 38.2. The van der Waals surface area contributed by atoms with Gasteiger partial charge in [0.15, 0.2) is 0 Å². The van der Waals surface area contributed by atoms with Crippen molar-refractivity contribution in [1.29, 1.82) is 0 Å². The average Bonchev–Trinajstić information content (AvgIpc) is 2.79. The molecule has 6 nitrogen and oxygen atoms in total. The topological polar surface area (TPSA) is 82.8 Å². The fourth-order valence-corrected chi connectivity index (χ4v) is 2.85. The number of hydrogen-bond donors (Lipinski definition) is 2. The van der Waals surface area contributed by atoms with E-state index in [1.165, 1.54) is 24.3 Å². The summed E-state index contributed by atoms with van der Waals surface area (Å²) in [7, 11) is 0. The summed E-state index contributed by atoms with van der Waals surface area (Å²) in [5, 5.41) is 20.8. The predicted molar refractivity (Wildman–Crippen MR) is 114 cm³/mol. The molecule has 0 amide bonds. The number of benzene rings is 3. The van der Waals surface area contributed by atoms with E-state index >= 15 is 0 Å². The first-order chi connectivity index (χ1) is 15.4. The van der Waals surface area contributed by atoms with Crippen LogP contribution in [0.3, 0.4) is 0 Å². The Balaban J connectivity index is 1.58. The van der Waals surface area contributed by atoms with E-state index < -0.39 is 11.7 Å². The van der Waals surface area contributed by atoms with Crippen molar-refractivity contribution in [1.82, 2.24) is 9.97 Å². The van der Waals surface area contributed by atoms with Crippen LogP contribution in [0.5, 0.6) is 5.75 Å². The Morgan fingerprint density at radius 2 is 1.53 bits per heavy atom. The zero-order valence-electron chi connectivity index (χ0n) is 16.5. The maximum absolute atomic E-state index is 12.7. The number of nitrogens with zero attached hydrogens (tertiary/aromatic N) is 4. The Kier molecular flexibility index (Phi) is 5.80. The Hall–Kier alpha value is -4.27. The number of azo groups is 1. The van der Waals surface area contributed by atoms with Gasteiger partial charge in [-0.15, -0.1) is 5.11 Å². The van der Waals surface area contributed by atoms with Crippen molar-refractivity contribution >= 4 is 23.0 Å². The maximum Gasteiger partial charge on any atom is 0.416 e. The molecule has 0 unspecified atom stereocenters. The maximum atomic E-state index is 12.7. The van der Waals surface area contributed by atoms with E-state index in [0.29, 0.717) is 28.3 Å². The van der Waals surface area contributed by atoms with Crippen LogP contribution < -0.4 is 5.32 Å². The lowest BCUT2D eigenvalue weighted by atomic mass is 10.1. The van der Waals surface area contributed by atoms with Crippen LogP contribution in [0.4, 0.5) is 36.2 Å². The molecular weight excluding hydrogens is 419 g/mol. The molecule has 9 heteroatoms. The van der Waals surface area contributed by atoms with Gasteiger partial charge in [0.25, 0.3) is 0 Å². The van der Waals surface area contributed by atoms with Gasteiger partial charge in [-0.05, 0) is 60.7 Å². The summed E-state index contributed by atoms with van der Waals surface area (Å²) in [6.07, 6.45) is -2.85. The third-order valence-corrected chi connectivity index (χ3v) is 4.43. The Morgan fingerprint density at radius 1 is 0.812 bits per heavy atom. The molecule has 0 aliphatic carbocycles. The third kappa shape index (κ3) is 5.07. The van der Waals surface area contributed by atoms with Crippen LogP contribution in [0.1, 0.15) is 5.56 Å². The Morgan fingerprint density at radius 3 is 2.25 bits per heavy atom. The number of hydrogen-bond acceptors (Lipinski definition) is 6. The SMILES string of the molecule is Oc1ccc(/N=N/c2ccccc2-c2ccnc(Nc3ccc(C(F)(F)F)cc3)n2)cc1. The zero-order valence-corrected chi connectivity index (χ0v) is 16.5. The van der Waals surface area contributed by atoms with Gasteiger partial charge in [0.2, 0.25) is 5.95 Å². The first kappa shape index (κ1) is 21.0. The van der Waals surface area contributed by atoms with Gasteiger partial charge in [0.1, 0.15) is 5.75 Å². The molecule has 0 fully saturated rings. The molecule has 0 aliphatic heterocycles. The average molecular weight is 435 g/mol. The van der Waals surface area contributed by atoms with Gasteiger partial charge in [-0.3, -0.25) is 0 Å². The number of nitrogens with one attached hydrogen (secondary N) is 1. The van der Waals surface area contributed by atoms with Crippen molar-refractivity contribution in [3.8, 4) is 17.0 Å². The molecule has 32 heavy (non-hydrogen) atoms. The molecule has 1 heterocycles. The first-order valence-corrected chi connectivity index (χ1v) is 9.46. The van der Waals surface area contributed by atoms with Crippen LogP contribution in [0.2, 0.25) is 0 Å². The van der Waals surface area contributed by atoms with Gasteiger partial charge in [0.05, 0.1) is 22.6 Å². The highest BCUT2D eigenvalue weighted by atomic mass is 19.4. The van der Waals surface area contributed by atoms with E-state index in [0.717, 1.165) is 12.1 Å². The van der Waals surface area contributed by atoms with Crippen LogP contribution in [0.15, 0.2) is 95.3 Å². The summed E-state index contributed by atoms with van der Waals surface area (Å²) in [5.74, 6) is 0.367. The van der Waals surface area contributed by atoms with Crippen LogP contribution in [0.25, 0.3) is 11.3 Å². The number of phenolic OH excluding ortho intramolecular Hbond substituents is 1. The fourth-order valence-electron chi connectivity index (χ4n) is 2.85. The van der Waals surface area contributed by atoms with E-state index in [4.69, 9.17) is 0 Å². The van der Waals surface area contributed by atoms with E-state index in [9.17, 15) is 18.3 Å². The van der Waals surface area contributed by atoms with E-state index in [1.807, 2.05) is 18.2 Å². The minimum Gasteiger partial charge on any atom is -0.508 e. The number of rotatable bonds is 5. The summed E-state index contributed by atoms with van der Waals surface area (Å²) in [5.41, 5.74) is 2.10. The number of anilines is 2. The monoisotopic (exact) mass is 435 g/mol. The van der Waals surface area contributed by atoms with Crippen LogP contribution in [-0.2, 0) is 6.18 Å². The van der Waals surface area contributed by atoms with E-state index in [2.05, 4.69) is 25.5 Å². The molecule has 0 bridgehead atoms. The largest absolute Gasteiger partial charge is 0.508 e. The van der Waals surface area contributed by atoms with Crippen molar-refractivity contribution in [3.05, 3.63) is 90.6 Å². The van der Waals surface area contributed by atoms with Gasteiger partial charge >= 0.3 is 6.18 Å². The third-order valence-electron chi connectivity index (χ3n) is 4.43. The lowest BCUT2D eigenvalue weighted by molar-refractivity contribution is -0.137. The van der Waals surface area contributed by atoms with Crippen LogP contribution in [-0.4, -0.2) is 15.1 Å². The lowest BCUT2D eigenvalue weighted by Crippen LogP contribution is -2.04. The van der Waals surface area contributed by atoms with Gasteiger partial charge in [-0.25, -0.2) is 9.97 Å². The number of halogens is 3. The lowest BCUT2D eigenvalue weighted by Gasteiger charge is -2.10. The molecule has 2 N–H and O–H groups in total. The molecule has 1 aromatic heterocycles. The molecule has 3 aromatic carbocycles. The van der Waals surface area contributed by atoms with Gasteiger partial charge in [-0.1, -0.05) is 18.2 Å². The molecule has 4 aromatic rings. The molecule has 0 spiro atoms. The molecule has 0 saturated heterocycles. The minimum atomic E-state index is -4.40. The first-order valence-electron chi connectivity index (χ1n) is 9.46. The number of alkyl halides is 3. The standard InChI is InChI=1S/C23H16F3N5O/c24-23(25,26)15-5-7-16(8-6-15)28-22-27-14-13-20(29-22)19-3-1-2-4-21(19)31-30-17-9-11-18(32)12-10-17/h1-14,32H,(H,27,28,29)/b31-30+. The second kappa shape index (κ2) is 8.84. The predicted octanol–water partition coefficient (Wildman–Crippen LogP) is 7.03. The van der Waals surface area contributed by atoms with Crippen molar-refractivity contribution in [2.45, 2.75) is 6.18 Å². The summed E-state index contributed by atoms with van der Waals surface area (Å²) in [4.78, 5) is 8.60. The summed E-state index contributed by atoms with van der Waals surface area (Å²) in [6.45, 7) is 0. The Labute approximate surface area is 181 Å². The number of aromatic nitrogens is 2. The second-order valence-electron chi connectivity index (χ2n) is 6.70. The highest BCUT2D eigenvalue weighted by Crippen LogP contribution is 2.32. The normalized spacial score (nSPS) is 11.6. The molecule has 0 saturated carbocycles. The molecular formula is C23H16F3N5O. The van der Waals surface area contributed by atoms with Crippen molar-refractivity contribution < 1.29 is 18.3 Å². The van der Waals surface area contributed by atoms with Gasteiger partial charge in [-0.2, -0.15) is 18.3 Å². The number of aromatic hydroxyl groups is 1. The highest BCUT2D eigenvalue weighted by Gasteiger charge is 2.29. The zero-order chi connectivity index (χ0) is 22.6. The quantitative estimate of drug-likeness (QED) is 0.330. The van der Waals surface area contributed by atoms with E-state index in [-0.39, 0.29) is 11.7 Å². The Bertz CT molecular complexity index is 1240. The minimum absolute atomic E-state index is 0.137. The molecule has 0 aliphatic rings. The van der Waals surface area contributed by atoms with Crippen molar-refractivity contribution in [3.63, 3.8) is 0 Å². The molecule has 0 radical (unpaired) electrons. The van der Waals surface area contributed by atoms with E-state index in [1.54, 1.807) is 30.5 Å². The van der Waals surface area contributed by atoms with Crippen molar-refractivity contribution in [2.24, 2.45) is 10.2 Å². The van der Waals surface area contributed by atoms with Crippen LogP contribution in [0, 0.1) is 0 Å². The fraction of sp³-hybridized carbons (Fsp3) is 0.0435. The van der Waals surface area contributed by atoms with Crippen molar-refractivity contribution in [2.75, 3.05) is 5.32 Å². The molecule has 160 valence electrons. The van der Waals surface area contributed by atoms with Gasteiger partial charge in [0, 0.05) is 17.4 Å². The van der Waals surface area contributed by atoms with Gasteiger partial charge < -0.3 is 10.4 Å². The second-order valence-corrected chi connectivity index (χ2v) is 6.70. The molecule has 4 rings (SSSR count). The highest BCUT2D eigenvalue weighted by molar-refractivity contribution is 5.73. The van der Waals surface area contributed by atoms with Crippen LogP contribution >= 0.6 is 0 Å². The summed E-state index contributed by atoms with van der Waals surface area (Å²) in [6, 6.07) is 19.9.